The highest BCUT2D eigenvalue weighted by molar-refractivity contribution is 5.96. The van der Waals surface area contributed by atoms with Gasteiger partial charge in [0, 0.05) is 25.7 Å². The Morgan fingerprint density at radius 2 is 1.72 bits per heavy atom. The SMILES string of the molecule is Cn1ccc(NC(=O)C(O)C2(NC(=O)C(CC3(F)CCCC3)NC(=O)C(C)(C)C(F)(F)F)CCC2)n1. The predicted octanol–water partition coefficient (Wildman–Crippen LogP) is 2.50. The third-order valence-corrected chi connectivity index (χ3v) is 7.32. The maximum absolute atomic E-state index is 15.3. The van der Waals surface area contributed by atoms with Gasteiger partial charge in [0.1, 0.15) is 17.1 Å². The fourth-order valence-corrected chi connectivity index (χ4v) is 4.54. The van der Waals surface area contributed by atoms with E-state index in [2.05, 4.69) is 21.0 Å². The highest BCUT2D eigenvalue weighted by Gasteiger charge is 2.55. The molecule has 3 amide bonds. The van der Waals surface area contributed by atoms with Crippen molar-refractivity contribution in [3.63, 3.8) is 0 Å². The lowest BCUT2D eigenvalue weighted by Crippen LogP contribution is -2.67. The first-order valence-corrected chi connectivity index (χ1v) is 12.0. The van der Waals surface area contributed by atoms with Crippen LogP contribution >= 0.6 is 0 Å². The molecule has 4 N–H and O–H groups in total. The number of carbonyl (C=O) groups is 3. The van der Waals surface area contributed by atoms with E-state index in [0.29, 0.717) is 33.1 Å². The largest absolute Gasteiger partial charge is 0.402 e. The summed E-state index contributed by atoms with van der Waals surface area (Å²) in [6.45, 7) is 1.36. The van der Waals surface area contributed by atoms with E-state index >= 15 is 4.39 Å². The maximum Gasteiger partial charge on any atom is 0.402 e. The zero-order valence-corrected chi connectivity index (χ0v) is 20.5. The van der Waals surface area contributed by atoms with Crippen molar-refractivity contribution in [3.05, 3.63) is 12.3 Å². The highest BCUT2D eigenvalue weighted by atomic mass is 19.4. The van der Waals surface area contributed by atoms with Crippen LogP contribution < -0.4 is 16.0 Å². The van der Waals surface area contributed by atoms with E-state index in [-0.39, 0.29) is 31.5 Å². The Balaban J connectivity index is 1.77. The Morgan fingerprint density at radius 3 is 2.19 bits per heavy atom. The third kappa shape index (κ3) is 5.81. The number of hydrogen-bond acceptors (Lipinski definition) is 5. The molecular weight excluding hydrogens is 486 g/mol. The van der Waals surface area contributed by atoms with Gasteiger partial charge in [0.05, 0.1) is 5.54 Å². The first kappa shape index (κ1) is 27.9. The van der Waals surface area contributed by atoms with Crippen molar-refractivity contribution in [3.8, 4) is 0 Å². The molecule has 0 aliphatic heterocycles. The normalized spacial score (nSPS) is 20.7. The quantitative estimate of drug-likeness (QED) is 0.373. The summed E-state index contributed by atoms with van der Waals surface area (Å²) in [6.07, 6.45) is -3.18. The van der Waals surface area contributed by atoms with E-state index in [1.54, 1.807) is 13.2 Å². The number of anilines is 1. The predicted molar refractivity (Wildman–Crippen MR) is 121 cm³/mol. The van der Waals surface area contributed by atoms with Crippen LogP contribution in [0.15, 0.2) is 12.3 Å². The first-order valence-electron chi connectivity index (χ1n) is 12.0. The van der Waals surface area contributed by atoms with Crippen molar-refractivity contribution in [1.82, 2.24) is 20.4 Å². The molecule has 1 aromatic heterocycles. The molecular formula is C23H33F4N5O4. The van der Waals surface area contributed by atoms with Crippen LogP contribution in [-0.4, -0.2) is 62.1 Å². The number of alkyl halides is 4. The molecule has 2 unspecified atom stereocenters. The molecule has 1 heterocycles. The average Bonchev–Trinajstić information content (AvgIpc) is 3.36. The highest BCUT2D eigenvalue weighted by Crippen LogP contribution is 2.40. The number of nitrogens with one attached hydrogen (secondary N) is 3. The van der Waals surface area contributed by atoms with Crippen LogP contribution in [0.4, 0.5) is 23.4 Å². The summed E-state index contributed by atoms with van der Waals surface area (Å²) in [7, 11) is 1.64. The minimum atomic E-state index is -4.90. The number of aliphatic hydroxyl groups is 1. The summed E-state index contributed by atoms with van der Waals surface area (Å²) in [5, 5.41) is 21.8. The Kier molecular flexibility index (Phi) is 7.73. The third-order valence-electron chi connectivity index (χ3n) is 7.32. The molecule has 2 atom stereocenters. The number of aryl methyl sites for hydroxylation is 1. The molecule has 202 valence electrons. The molecule has 2 fully saturated rings. The van der Waals surface area contributed by atoms with E-state index in [4.69, 9.17) is 0 Å². The smallest absolute Gasteiger partial charge is 0.381 e. The maximum atomic E-state index is 15.3. The molecule has 0 spiro atoms. The van der Waals surface area contributed by atoms with Crippen LogP contribution in [0.3, 0.4) is 0 Å². The number of aliphatic hydroxyl groups excluding tert-OH is 1. The fraction of sp³-hybridized carbons (Fsp3) is 0.739. The number of nitrogens with zero attached hydrogens (tertiary/aromatic N) is 2. The van der Waals surface area contributed by atoms with E-state index in [0.717, 1.165) is 0 Å². The van der Waals surface area contributed by atoms with Gasteiger partial charge in [0.2, 0.25) is 11.8 Å². The van der Waals surface area contributed by atoms with Gasteiger partial charge in [0.15, 0.2) is 11.9 Å². The van der Waals surface area contributed by atoms with Gasteiger partial charge in [-0.25, -0.2) is 4.39 Å². The summed E-state index contributed by atoms with van der Waals surface area (Å²) in [5.41, 5.74) is -6.04. The van der Waals surface area contributed by atoms with Crippen LogP contribution in [0, 0.1) is 5.41 Å². The molecule has 0 bridgehead atoms. The van der Waals surface area contributed by atoms with Crippen molar-refractivity contribution in [1.29, 1.82) is 0 Å². The molecule has 9 nitrogen and oxygen atoms in total. The summed E-state index contributed by atoms with van der Waals surface area (Å²) in [6, 6.07) is -0.113. The lowest BCUT2D eigenvalue weighted by atomic mass is 9.72. The second kappa shape index (κ2) is 9.98. The summed E-state index contributed by atoms with van der Waals surface area (Å²) >= 11 is 0. The fourth-order valence-electron chi connectivity index (χ4n) is 4.54. The van der Waals surface area contributed by atoms with Gasteiger partial charge in [-0.2, -0.15) is 18.3 Å². The molecule has 13 heteroatoms. The van der Waals surface area contributed by atoms with Crippen LogP contribution in [0.1, 0.15) is 65.2 Å². The number of amides is 3. The molecule has 1 aromatic rings. The molecule has 2 aliphatic carbocycles. The zero-order valence-electron chi connectivity index (χ0n) is 20.5. The average molecular weight is 520 g/mol. The van der Waals surface area contributed by atoms with Crippen molar-refractivity contribution < 1.29 is 37.1 Å². The number of carbonyl (C=O) groups excluding carboxylic acids is 3. The van der Waals surface area contributed by atoms with Crippen LogP contribution in [0.2, 0.25) is 0 Å². The lowest BCUT2D eigenvalue weighted by molar-refractivity contribution is -0.212. The molecule has 0 radical (unpaired) electrons. The summed E-state index contributed by atoms with van der Waals surface area (Å²) in [4.78, 5) is 38.4. The van der Waals surface area contributed by atoms with E-state index in [1.165, 1.54) is 10.7 Å². The molecule has 0 aromatic carbocycles. The molecule has 36 heavy (non-hydrogen) atoms. The van der Waals surface area contributed by atoms with Crippen molar-refractivity contribution in [2.24, 2.45) is 12.5 Å². The van der Waals surface area contributed by atoms with Gasteiger partial charge >= 0.3 is 6.18 Å². The van der Waals surface area contributed by atoms with Gasteiger partial charge in [-0.3, -0.25) is 19.1 Å². The summed E-state index contributed by atoms with van der Waals surface area (Å²) < 4.78 is 56.9. The van der Waals surface area contributed by atoms with Crippen LogP contribution in [-0.2, 0) is 21.4 Å². The van der Waals surface area contributed by atoms with Gasteiger partial charge < -0.3 is 21.1 Å². The molecule has 2 aliphatic rings. The van der Waals surface area contributed by atoms with E-state index in [9.17, 15) is 32.7 Å². The lowest BCUT2D eigenvalue weighted by Gasteiger charge is -2.46. The van der Waals surface area contributed by atoms with Gasteiger partial charge in [-0.1, -0.05) is 12.8 Å². The van der Waals surface area contributed by atoms with Gasteiger partial charge in [0.25, 0.3) is 5.91 Å². The van der Waals surface area contributed by atoms with E-state index < -0.39 is 59.1 Å². The van der Waals surface area contributed by atoms with Gasteiger partial charge in [-0.15, -0.1) is 0 Å². The minimum absolute atomic E-state index is 0.121. The minimum Gasteiger partial charge on any atom is -0.381 e. The van der Waals surface area contributed by atoms with Gasteiger partial charge in [-0.05, 0) is 46.0 Å². The van der Waals surface area contributed by atoms with Crippen LogP contribution in [0.5, 0.6) is 0 Å². The number of hydrogen-bond donors (Lipinski definition) is 4. The topological polar surface area (TPSA) is 125 Å². The number of aromatic nitrogens is 2. The zero-order chi connectivity index (χ0) is 26.9. The Bertz CT molecular complexity index is 983. The van der Waals surface area contributed by atoms with Crippen molar-refractivity contribution in [2.75, 3.05) is 5.32 Å². The van der Waals surface area contributed by atoms with Crippen LogP contribution in [0.25, 0.3) is 0 Å². The first-order chi connectivity index (χ1) is 16.6. The number of rotatable bonds is 9. The molecule has 0 saturated heterocycles. The second-order valence-electron chi connectivity index (χ2n) is 10.5. The Hall–Kier alpha value is -2.70. The monoisotopic (exact) mass is 519 g/mol. The molecule has 3 rings (SSSR count). The van der Waals surface area contributed by atoms with Crippen molar-refractivity contribution in [2.45, 2.75) is 94.7 Å². The van der Waals surface area contributed by atoms with Crippen molar-refractivity contribution >= 4 is 23.5 Å². The van der Waals surface area contributed by atoms with E-state index in [1.807, 2.05) is 0 Å². The Labute approximate surface area is 206 Å². The summed E-state index contributed by atoms with van der Waals surface area (Å²) in [5.74, 6) is -3.06. The Morgan fingerprint density at radius 1 is 1.11 bits per heavy atom. The number of halogens is 4. The standard InChI is InChI=1S/C23H33F4N5O4/c1-20(2,23(25,26)27)19(36)28-14(13-21(24)8-4-5-9-21)17(34)30-22(10-6-11-22)16(33)18(35)29-15-7-12-32(3)31-15/h7,12,14,16,33H,4-6,8-11,13H2,1-3H3,(H,28,36)(H,30,34)(H,29,31,35). The second-order valence-corrected chi connectivity index (χ2v) is 10.5. The molecule has 2 saturated carbocycles.